The maximum absolute atomic E-state index is 12.6. The van der Waals surface area contributed by atoms with E-state index in [0.717, 1.165) is 64.2 Å². The van der Waals surface area contributed by atoms with Gasteiger partial charge in [-0.2, -0.15) is 11.8 Å². The standard InChI is InChI=1S/C35H58O4S/c1-4-5-6-7-8-9-12-18-27-39-34(38)22-17-11-10-16-21-30-31(36)23-24-32(30)40-28-33(37)35(2,3)26-25-29-19-14-13-15-20-29/h13-15,19-20,30,32-33,37H,4-12,16-18,21-28H2,1-3H3. The predicted octanol–water partition coefficient (Wildman–Crippen LogP) is 9.11. The van der Waals surface area contributed by atoms with Gasteiger partial charge in [-0.1, -0.05) is 115 Å². The lowest BCUT2D eigenvalue weighted by Crippen LogP contribution is -2.33. The zero-order valence-corrected chi connectivity index (χ0v) is 26.7. The Morgan fingerprint density at radius 3 is 2.35 bits per heavy atom. The summed E-state index contributed by atoms with van der Waals surface area (Å²) in [4.78, 5) is 24.6. The molecule has 1 aliphatic carbocycles. The van der Waals surface area contributed by atoms with Gasteiger partial charge in [0.05, 0.1) is 12.7 Å². The van der Waals surface area contributed by atoms with Crippen molar-refractivity contribution in [3.63, 3.8) is 0 Å². The van der Waals surface area contributed by atoms with E-state index in [1.165, 1.54) is 44.1 Å². The lowest BCUT2D eigenvalue weighted by Gasteiger charge is -2.31. The van der Waals surface area contributed by atoms with E-state index in [1.54, 1.807) is 0 Å². The fraction of sp³-hybridized carbons (Fsp3) is 0.771. The summed E-state index contributed by atoms with van der Waals surface area (Å²) in [7, 11) is 0. The van der Waals surface area contributed by atoms with Crippen LogP contribution in [-0.4, -0.2) is 40.6 Å². The fourth-order valence-corrected chi connectivity index (χ4v) is 7.31. The van der Waals surface area contributed by atoms with Crippen LogP contribution in [0.2, 0.25) is 0 Å². The monoisotopic (exact) mass is 574 g/mol. The first-order valence-corrected chi connectivity index (χ1v) is 17.4. The molecule has 0 saturated heterocycles. The van der Waals surface area contributed by atoms with Crippen molar-refractivity contribution < 1.29 is 19.4 Å². The molecule has 3 atom stereocenters. The molecule has 1 aliphatic rings. The molecule has 0 radical (unpaired) electrons. The molecule has 3 unspecified atom stereocenters. The minimum Gasteiger partial charge on any atom is -0.466 e. The molecule has 0 amide bonds. The Morgan fingerprint density at radius 2 is 1.62 bits per heavy atom. The van der Waals surface area contributed by atoms with Crippen molar-refractivity contribution >= 4 is 23.5 Å². The van der Waals surface area contributed by atoms with Crippen LogP contribution in [0.4, 0.5) is 0 Å². The molecule has 1 N–H and O–H groups in total. The molecule has 1 saturated carbocycles. The third kappa shape index (κ3) is 14.5. The number of ether oxygens (including phenoxy) is 1. The quantitative estimate of drug-likeness (QED) is 0.104. The first-order chi connectivity index (χ1) is 19.3. The largest absolute Gasteiger partial charge is 0.466 e. The van der Waals surface area contributed by atoms with Gasteiger partial charge in [0.15, 0.2) is 0 Å². The number of unbranched alkanes of at least 4 members (excludes halogenated alkanes) is 10. The second-order valence-corrected chi connectivity index (χ2v) is 13.9. The number of Topliss-reactive ketones (excluding diaryl/α,β-unsaturated/α-hetero) is 1. The number of aryl methyl sites for hydroxylation is 1. The van der Waals surface area contributed by atoms with Crippen LogP contribution >= 0.6 is 11.8 Å². The molecule has 5 heteroatoms. The van der Waals surface area contributed by atoms with Crippen LogP contribution in [0.5, 0.6) is 0 Å². The molecule has 0 aromatic heterocycles. The molecule has 0 heterocycles. The maximum atomic E-state index is 12.6. The zero-order valence-electron chi connectivity index (χ0n) is 25.8. The lowest BCUT2D eigenvalue weighted by molar-refractivity contribution is -0.143. The number of aliphatic hydroxyl groups excluding tert-OH is 1. The van der Waals surface area contributed by atoms with E-state index < -0.39 is 0 Å². The van der Waals surface area contributed by atoms with Gasteiger partial charge < -0.3 is 9.84 Å². The average molecular weight is 575 g/mol. The molecule has 40 heavy (non-hydrogen) atoms. The number of hydrogen-bond acceptors (Lipinski definition) is 5. The Kier molecular flexibility index (Phi) is 17.9. The van der Waals surface area contributed by atoms with Crippen LogP contribution in [0.15, 0.2) is 30.3 Å². The third-order valence-corrected chi connectivity index (χ3v) is 10.2. The molecule has 228 valence electrons. The Balaban J connectivity index is 1.53. The van der Waals surface area contributed by atoms with Crippen molar-refractivity contribution in [3.05, 3.63) is 35.9 Å². The molecule has 1 fully saturated rings. The molecular weight excluding hydrogens is 516 g/mol. The molecular formula is C35H58O4S. The Labute approximate surface area is 249 Å². The molecule has 0 aliphatic heterocycles. The third-order valence-electron chi connectivity index (χ3n) is 8.72. The molecule has 2 rings (SSSR count). The van der Waals surface area contributed by atoms with Crippen LogP contribution < -0.4 is 0 Å². The second-order valence-electron chi connectivity index (χ2n) is 12.6. The minimum absolute atomic E-state index is 0.0596. The number of carbonyl (C=O) groups is 2. The summed E-state index contributed by atoms with van der Waals surface area (Å²) in [6.07, 6.45) is 18.6. The van der Waals surface area contributed by atoms with Gasteiger partial charge >= 0.3 is 5.97 Å². The van der Waals surface area contributed by atoms with Crippen molar-refractivity contribution in [2.24, 2.45) is 11.3 Å². The number of aliphatic hydroxyl groups is 1. The summed E-state index contributed by atoms with van der Waals surface area (Å²) in [6.45, 7) is 7.12. The number of benzene rings is 1. The van der Waals surface area contributed by atoms with E-state index >= 15 is 0 Å². The van der Waals surface area contributed by atoms with Crippen LogP contribution in [0.25, 0.3) is 0 Å². The van der Waals surface area contributed by atoms with Gasteiger partial charge in [-0.05, 0) is 49.5 Å². The highest BCUT2D eigenvalue weighted by molar-refractivity contribution is 8.00. The summed E-state index contributed by atoms with van der Waals surface area (Å²) >= 11 is 1.81. The van der Waals surface area contributed by atoms with Crippen molar-refractivity contribution in [2.75, 3.05) is 12.4 Å². The summed E-state index contributed by atoms with van der Waals surface area (Å²) in [5.41, 5.74) is 1.16. The first-order valence-electron chi connectivity index (χ1n) is 16.4. The van der Waals surface area contributed by atoms with E-state index in [9.17, 15) is 14.7 Å². The number of carbonyl (C=O) groups excluding carboxylic acids is 2. The van der Waals surface area contributed by atoms with Gasteiger partial charge in [0.1, 0.15) is 5.78 Å². The van der Waals surface area contributed by atoms with E-state index in [0.29, 0.717) is 36.2 Å². The van der Waals surface area contributed by atoms with E-state index in [1.807, 2.05) is 17.8 Å². The van der Waals surface area contributed by atoms with E-state index in [4.69, 9.17) is 4.74 Å². The van der Waals surface area contributed by atoms with Crippen molar-refractivity contribution in [2.45, 2.75) is 148 Å². The molecule has 1 aromatic carbocycles. The number of ketones is 1. The summed E-state index contributed by atoms with van der Waals surface area (Å²) in [5.74, 6) is 1.16. The number of rotatable bonds is 23. The summed E-state index contributed by atoms with van der Waals surface area (Å²) < 4.78 is 5.40. The highest BCUT2D eigenvalue weighted by Crippen LogP contribution is 2.38. The maximum Gasteiger partial charge on any atom is 0.305 e. The molecule has 1 aromatic rings. The number of hydrogen-bond donors (Lipinski definition) is 1. The van der Waals surface area contributed by atoms with Crippen molar-refractivity contribution in [3.8, 4) is 0 Å². The Hall–Kier alpha value is -1.33. The predicted molar refractivity (Wildman–Crippen MR) is 170 cm³/mol. The van der Waals surface area contributed by atoms with Crippen molar-refractivity contribution in [1.82, 2.24) is 0 Å². The molecule has 0 spiro atoms. The second kappa shape index (κ2) is 20.5. The van der Waals surface area contributed by atoms with Crippen LogP contribution in [0.3, 0.4) is 0 Å². The number of thioether (sulfide) groups is 1. The SMILES string of the molecule is CCCCCCCCCCOC(=O)CCCCCCC1C(=O)CCC1SCC(O)C(C)(C)CCc1ccccc1. The Bertz CT molecular complexity index is 809. The van der Waals surface area contributed by atoms with E-state index in [2.05, 4.69) is 45.0 Å². The molecule has 0 bridgehead atoms. The summed E-state index contributed by atoms with van der Waals surface area (Å²) in [6, 6.07) is 10.5. The van der Waals surface area contributed by atoms with Gasteiger partial charge in [0.2, 0.25) is 0 Å². The van der Waals surface area contributed by atoms with E-state index in [-0.39, 0.29) is 23.4 Å². The minimum atomic E-state index is -0.382. The van der Waals surface area contributed by atoms with Gasteiger partial charge in [0.25, 0.3) is 0 Å². The zero-order chi connectivity index (χ0) is 29.1. The van der Waals surface area contributed by atoms with Crippen molar-refractivity contribution in [1.29, 1.82) is 0 Å². The van der Waals surface area contributed by atoms with Crippen LogP contribution in [-0.2, 0) is 20.7 Å². The summed E-state index contributed by atoms with van der Waals surface area (Å²) in [5, 5.41) is 11.3. The Morgan fingerprint density at radius 1 is 0.975 bits per heavy atom. The van der Waals surface area contributed by atoms with Crippen LogP contribution in [0.1, 0.15) is 135 Å². The van der Waals surface area contributed by atoms with Gasteiger partial charge in [-0.25, -0.2) is 0 Å². The lowest BCUT2D eigenvalue weighted by atomic mass is 9.81. The van der Waals surface area contributed by atoms with Gasteiger partial charge in [-0.15, -0.1) is 0 Å². The smallest absolute Gasteiger partial charge is 0.305 e. The highest BCUT2D eigenvalue weighted by Gasteiger charge is 2.36. The van der Waals surface area contributed by atoms with Gasteiger partial charge in [0, 0.05) is 29.8 Å². The van der Waals surface area contributed by atoms with Gasteiger partial charge in [-0.3, -0.25) is 9.59 Å². The van der Waals surface area contributed by atoms with Crippen LogP contribution in [0, 0.1) is 11.3 Å². The topological polar surface area (TPSA) is 63.6 Å². The first kappa shape index (κ1) is 34.9. The highest BCUT2D eigenvalue weighted by atomic mass is 32.2. The number of esters is 1. The fourth-order valence-electron chi connectivity index (χ4n) is 5.62. The average Bonchev–Trinajstić information content (AvgIpc) is 3.30. The normalized spacial score (nSPS) is 18.2. The molecule has 4 nitrogen and oxygen atoms in total.